The number of nitrogens with zero attached hydrogens (tertiary/aromatic N) is 4. The van der Waals surface area contributed by atoms with Crippen LogP contribution in [0, 0.1) is 6.92 Å². The zero-order valence-corrected chi connectivity index (χ0v) is 16.7. The number of nitrogens with one attached hydrogen (secondary N) is 1. The zero-order valence-electron chi connectivity index (χ0n) is 16.7. The van der Waals surface area contributed by atoms with Crippen LogP contribution in [0.4, 0.5) is 0 Å². The third kappa shape index (κ3) is 3.71. The minimum Gasteiger partial charge on any atom is -0.496 e. The van der Waals surface area contributed by atoms with Crippen molar-refractivity contribution in [2.45, 2.75) is 26.4 Å². The van der Waals surface area contributed by atoms with Gasteiger partial charge in [-0.3, -0.25) is 9.69 Å². The highest BCUT2D eigenvalue weighted by atomic mass is 16.5. The van der Waals surface area contributed by atoms with Gasteiger partial charge in [0.1, 0.15) is 23.7 Å². The Morgan fingerprint density at radius 3 is 2.69 bits per heavy atom. The summed E-state index contributed by atoms with van der Waals surface area (Å²) in [5.74, 6) is 2.13. The number of aromatic amines is 1. The fourth-order valence-electron chi connectivity index (χ4n) is 3.79. The molecule has 0 spiro atoms. The summed E-state index contributed by atoms with van der Waals surface area (Å²) in [6, 6.07) is 3.99. The van der Waals surface area contributed by atoms with Crippen molar-refractivity contribution in [2.75, 3.05) is 20.8 Å². The van der Waals surface area contributed by atoms with E-state index < -0.39 is 0 Å². The van der Waals surface area contributed by atoms with E-state index in [4.69, 9.17) is 14.5 Å². The summed E-state index contributed by atoms with van der Waals surface area (Å²) in [5, 5.41) is 0. The predicted molar refractivity (Wildman–Crippen MR) is 108 cm³/mol. The lowest BCUT2D eigenvalue weighted by atomic mass is 10.0. The summed E-state index contributed by atoms with van der Waals surface area (Å²) in [6.45, 7) is 4.06. The summed E-state index contributed by atoms with van der Waals surface area (Å²) in [7, 11) is 3.33. The molecule has 0 unspecified atom stereocenters. The van der Waals surface area contributed by atoms with Crippen molar-refractivity contribution in [2.24, 2.45) is 0 Å². The van der Waals surface area contributed by atoms with Crippen molar-refractivity contribution < 1.29 is 9.47 Å². The lowest BCUT2D eigenvalue weighted by Gasteiger charge is -2.28. The molecule has 1 aliphatic rings. The van der Waals surface area contributed by atoms with Gasteiger partial charge < -0.3 is 14.5 Å². The Balaban J connectivity index is 1.62. The lowest BCUT2D eigenvalue weighted by Crippen LogP contribution is -2.35. The molecule has 8 nitrogen and oxygen atoms in total. The van der Waals surface area contributed by atoms with Gasteiger partial charge in [0.05, 0.1) is 25.5 Å². The summed E-state index contributed by atoms with van der Waals surface area (Å²) < 4.78 is 11.0. The molecular weight excluding hydrogens is 370 g/mol. The standard InChI is InChI=1S/C21H23N5O3/c1-13-18(28-2)5-4-14(19(13)29-3)10-26-7-6-16-17(11-26)24-20(25-21(16)27)15-8-22-12-23-9-15/h4-5,8-9,12H,6-7,10-11H2,1-3H3,(H,24,25,27). The van der Waals surface area contributed by atoms with Crippen molar-refractivity contribution in [1.82, 2.24) is 24.8 Å². The molecule has 0 radical (unpaired) electrons. The van der Waals surface area contributed by atoms with Crippen LogP contribution < -0.4 is 15.0 Å². The topological polar surface area (TPSA) is 93.2 Å². The van der Waals surface area contributed by atoms with Crippen LogP contribution in [0.3, 0.4) is 0 Å². The largest absolute Gasteiger partial charge is 0.496 e. The van der Waals surface area contributed by atoms with Gasteiger partial charge in [0.2, 0.25) is 0 Å². The van der Waals surface area contributed by atoms with E-state index in [1.807, 2.05) is 19.1 Å². The molecule has 0 saturated heterocycles. The van der Waals surface area contributed by atoms with Gasteiger partial charge in [-0.15, -0.1) is 0 Å². The normalized spacial score (nSPS) is 13.8. The fraction of sp³-hybridized carbons (Fsp3) is 0.333. The maximum Gasteiger partial charge on any atom is 0.254 e. The van der Waals surface area contributed by atoms with Crippen molar-refractivity contribution in [3.63, 3.8) is 0 Å². The molecule has 1 aliphatic heterocycles. The van der Waals surface area contributed by atoms with Crippen LogP contribution in [0.2, 0.25) is 0 Å². The van der Waals surface area contributed by atoms with E-state index >= 15 is 0 Å². The molecule has 8 heteroatoms. The molecule has 0 atom stereocenters. The second-order valence-electron chi connectivity index (χ2n) is 7.01. The van der Waals surface area contributed by atoms with Gasteiger partial charge in [-0.1, -0.05) is 6.07 Å². The SMILES string of the molecule is COc1ccc(CN2CCc3c(nc(-c4cncnc4)[nH]c3=O)C2)c(OC)c1C. The molecule has 1 N–H and O–H groups in total. The third-order valence-corrected chi connectivity index (χ3v) is 5.24. The molecule has 1 aromatic carbocycles. The molecule has 0 aliphatic carbocycles. The van der Waals surface area contributed by atoms with Crippen LogP contribution in [0.1, 0.15) is 22.4 Å². The van der Waals surface area contributed by atoms with Crippen LogP contribution in [0.5, 0.6) is 11.5 Å². The van der Waals surface area contributed by atoms with Crippen LogP contribution in [0.15, 0.2) is 35.6 Å². The smallest absolute Gasteiger partial charge is 0.254 e. The molecule has 150 valence electrons. The number of rotatable bonds is 5. The summed E-state index contributed by atoms with van der Waals surface area (Å²) in [5.41, 5.74) is 4.20. The van der Waals surface area contributed by atoms with Crippen molar-refractivity contribution in [3.8, 4) is 22.9 Å². The van der Waals surface area contributed by atoms with Gasteiger partial charge in [-0.2, -0.15) is 0 Å². The van der Waals surface area contributed by atoms with E-state index in [0.717, 1.165) is 40.4 Å². The van der Waals surface area contributed by atoms with Crippen LogP contribution in [0.25, 0.3) is 11.4 Å². The van der Waals surface area contributed by atoms with E-state index in [1.165, 1.54) is 6.33 Å². The van der Waals surface area contributed by atoms with Gasteiger partial charge in [-0.05, 0) is 19.4 Å². The zero-order chi connectivity index (χ0) is 20.4. The van der Waals surface area contributed by atoms with E-state index in [1.54, 1.807) is 26.6 Å². The molecule has 4 rings (SSSR count). The van der Waals surface area contributed by atoms with Crippen LogP contribution >= 0.6 is 0 Å². The Morgan fingerprint density at radius 1 is 1.17 bits per heavy atom. The van der Waals surface area contributed by atoms with Gasteiger partial charge in [-0.25, -0.2) is 15.0 Å². The van der Waals surface area contributed by atoms with Crippen molar-refractivity contribution >= 4 is 0 Å². The second-order valence-corrected chi connectivity index (χ2v) is 7.01. The average molecular weight is 393 g/mol. The first-order valence-electron chi connectivity index (χ1n) is 9.41. The number of benzene rings is 1. The van der Waals surface area contributed by atoms with Gasteiger partial charge in [0.15, 0.2) is 0 Å². The van der Waals surface area contributed by atoms with E-state index in [9.17, 15) is 4.79 Å². The van der Waals surface area contributed by atoms with Gasteiger partial charge in [0, 0.05) is 48.7 Å². The minimum absolute atomic E-state index is 0.0913. The first-order chi connectivity index (χ1) is 14.1. The van der Waals surface area contributed by atoms with Gasteiger partial charge >= 0.3 is 0 Å². The molecule has 3 aromatic rings. The first kappa shape index (κ1) is 19.1. The lowest BCUT2D eigenvalue weighted by molar-refractivity contribution is 0.236. The monoisotopic (exact) mass is 393 g/mol. The van der Waals surface area contributed by atoms with Crippen LogP contribution in [-0.2, 0) is 19.5 Å². The maximum atomic E-state index is 12.5. The highest BCUT2D eigenvalue weighted by Crippen LogP contribution is 2.32. The third-order valence-electron chi connectivity index (χ3n) is 5.24. The molecule has 0 saturated carbocycles. The summed E-state index contributed by atoms with van der Waals surface area (Å²) >= 11 is 0. The highest BCUT2D eigenvalue weighted by Gasteiger charge is 2.23. The molecule has 0 amide bonds. The molecular formula is C21H23N5O3. The fourth-order valence-corrected chi connectivity index (χ4v) is 3.79. The molecule has 0 fully saturated rings. The molecule has 3 heterocycles. The number of methoxy groups -OCH3 is 2. The highest BCUT2D eigenvalue weighted by molar-refractivity contribution is 5.52. The Bertz CT molecular complexity index is 1080. The minimum atomic E-state index is -0.0913. The van der Waals surface area contributed by atoms with E-state index in [2.05, 4.69) is 19.9 Å². The number of hydrogen-bond donors (Lipinski definition) is 1. The Kier molecular flexibility index (Phi) is 5.26. The number of ether oxygens (including phenoxy) is 2. The number of fused-ring (bicyclic) bond motifs is 1. The van der Waals surface area contributed by atoms with E-state index in [-0.39, 0.29) is 5.56 Å². The summed E-state index contributed by atoms with van der Waals surface area (Å²) in [4.78, 5) is 30.4. The first-order valence-corrected chi connectivity index (χ1v) is 9.41. The number of aromatic nitrogens is 4. The quantitative estimate of drug-likeness (QED) is 0.710. The molecule has 2 aromatic heterocycles. The van der Waals surface area contributed by atoms with Crippen molar-refractivity contribution in [3.05, 3.63) is 63.6 Å². The Morgan fingerprint density at radius 2 is 1.97 bits per heavy atom. The Hall–Kier alpha value is -3.26. The average Bonchev–Trinajstić information content (AvgIpc) is 2.74. The maximum absolute atomic E-state index is 12.5. The number of hydrogen-bond acceptors (Lipinski definition) is 7. The predicted octanol–water partition coefficient (Wildman–Crippen LogP) is 2.11. The van der Waals surface area contributed by atoms with E-state index in [0.29, 0.717) is 30.9 Å². The van der Waals surface area contributed by atoms with Gasteiger partial charge in [0.25, 0.3) is 5.56 Å². The molecule has 0 bridgehead atoms. The number of H-pyrrole nitrogens is 1. The van der Waals surface area contributed by atoms with Crippen LogP contribution in [-0.4, -0.2) is 45.6 Å². The second kappa shape index (κ2) is 8.00. The Labute approximate surface area is 168 Å². The van der Waals surface area contributed by atoms with Crippen molar-refractivity contribution in [1.29, 1.82) is 0 Å². The molecule has 29 heavy (non-hydrogen) atoms. The summed E-state index contributed by atoms with van der Waals surface area (Å²) in [6.07, 6.45) is 5.39.